The van der Waals surface area contributed by atoms with Gasteiger partial charge in [0.1, 0.15) is 0 Å². The molecule has 0 aromatic heterocycles. The summed E-state index contributed by atoms with van der Waals surface area (Å²) in [6.45, 7) is 8.45. The largest absolute Gasteiger partial charge is 0.478 e. The molecule has 0 aliphatic heterocycles. The van der Waals surface area contributed by atoms with E-state index in [-0.39, 0.29) is 0 Å². The summed E-state index contributed by atoms with van der Waals surface area (Å²) in [7, 11) is 0. The highest BCUT2D eigenvalue weighted by atomic mass is 16.4. The Balaban J connectivity index is 3.86. The fourth-order valence-corrected chi connectivity index (χ4v) is 1.63. The molecule has 1 atom stereocenters. The third-order valence-electron chi connectivity index (χ3n) is 2.77. The highest BCUT2D eigenvalue weighted by molar-refractivity contribution is 5.79. The van der Waals surface area contributed by atoms with Gasteiger partial charge in [-0.15, -0.1) is 0 Å². The van der Waals surface area contributed by atoms with E-state index in [9.17, 15) is 4.79 Å². The van der Waals surface area contributed by atoms with E-state index in [1.54, 1.807) is 6.08 Å². The van der Waals surface area contributed by atoms with Crippen LogP contribution in [0.1, 0.15) is 53.4 Å². The van der Waals surface area contributed by atoms with Crippen LogP contribution in [0.2, 0.25) is 0 Å². The molecule has 0 fully saturated rings. The summed E-state index contributed by atoms with van der Waals surface area (Å²) in [4.78, 5) is 10.4. The Morgan fingerprint density at radius 2 is 1.83 bits per heavy atom. The number of allylic oxidation sites excluding steroid dienone is 5. The molecule has 0 aromatic carbocycles. The van der Waals surface area contributed by atoms with Gasteiger partial charge >= 0.3 is 5.97 Å². The third kappa shape index (κ3) is 11.2. The number of hydrogen-bond acceptors (Lipinski definition) is 1. The first kappa shape index (κ1) is 16.7. The van der Waals surface area contributed by atoms with E-state index in [4.69, 9.17) is 5.11 Å². The maximum atomic E-state index is 10.4. The highest BCUT2D eigenvalue weighted by Crippen LogP contribution is 2.12. The number of rotatable bonds is 8. The first-order valence-electron chi connectivity index (χ1n) is 6.62. The second-order valence-electron chi connectivity index (χ2n) is 5.12. The predicted octanol–water partition coefficient (Wildman–Crippen LogP) is 4.74. The minimum Gasteiger partial charge on any atom is -0.478 e. The van der Waals surface area contributed by atoms with Crippen LogP contribution >= 0.6 is 0 Å². The molecule has 0 bridgehead atoms. The van der Waals surface area contributed by atoms with Crippen LogP contribution in [0.5, 0.6) is 0 Å². The van der Waals surface area contributed by atoms with Crippen LogP contribution in [-0.2, 0) is 4.79 Å². The van der Waals surface area contributed by atoms with Crippen molar-refractivity contribution in [1.29, 1.82) is 0 Å². The predicted molar refractivity (Wildman–Crippen MR) is 77.6 cm³/mol. The number of carbonyl (C=O) groups is 1. The van der Waals surface area contributed by atoms with Crippen molar-refractivity contribution in [3.8, 4) is 0 Å². The van der Waals surface area contributed by atoms with Gasteiger partial charge < -0.3 is 5.11 Å². The van der Waals surface area contributed by atoms with Crippen molar-refractivity contribution in [1.82, 2.24) is 0 Å². The molecule has 102 valence electrons. The molecule has 0 saturated carbocycles. The highest BCUT2D eigenvalue weighted by Gasteiger charge is 1.97. The van der Waals surface area contributed by atoms with Crippen molar-refractivity contribution in [3.05, 3.63) is 35.5 Å². The van der Waals surface area contributed by atoms with Gasteiger partial charge in [-0.05, 0) is 52.4 Å². The Morgan fingerprint density at radius 1 is 1.17 bits per heavy atom. The zero-order valence-corrected chi connectivity index (χ0v) is 12.1. The number of carboxylic acids is 1. The van der Waals surface area contributed by atoms with Crippen molar-refractivity contribution in [2.45, 2.75) is 53.4 Å². The van der Waals surface area contributed by atoms with E-state index in [0.29, 0.717) is 5.92 Å². The normalized spacial score (nSPS) is 13.7. The van der Waals surface area contributed by atoms with E-state index < -0.39 is 5.97 Å². The topological polar surface area (TPSA) is 37.3 Å². The first-order chi connectivity index (χ1) is 8.41. The Labute approximate surface area is 111 Å². The summed E-state index contributed by atoms with van der Waals surface area (Å²) in [6, 6.07) is 0. The number of hydrogen-bond donors (Lipinski definition) is 1. The maximum absolute atomic E-state index is 10.4. The Hall–Kier alpha value is -1.31. The molecule has 1 unspecified atom stereocenters. The lowest BCUT2D eigenvalue weighted by Crippen LogP contribution is -1.92. The van der Waals surface area contributed by atoms with Crippen LogP contribution in [0.15, 0.2) is 35.5 Å². The monoisotopic (exact) mass is 250 g/mol. The Bertz CT molecular complexity index is 331. The van der Waals surface area contributed by atoms with Crippen LogP contribution in [0.25, 0.3) is 0 Å². The van der Waals surface area contributed by atoms with Gasteiger partial charge in [0.15, 0.2) is 0 Å². The van der Waals surface area contributed by atoms with Gasteiger partial charge in [0.25, 0.3) is 0 Å². The fraction of sp³-hybridized carbons (Fsp3) is 0.562. The van der Waals surface area contributed by atoms with Crippen LogP contribution in [0.4, 0.5) is 0 Å². The summed E-state index contributed by atoms with van der Waals surface area (Å²) < 4.78 is 0. The summed E-state index contributed by atoms with van der Waals surface area (Å²) in [5.41, 5.74) is 2.79. The lowest BCUT2D eigenvalue weighted by Gasteiger charge is -2.04. The van der Waals surface area contributed by atoms with Gasteiger partial charge in [0.2, 0.25) is 0 Å². The standard InChI is InChI=1S/C16H26O2/c1-13(2)7-5-8-14(3)9-6-10-15(4)11-12-16(17)18/h7,9,11-12,15H,5-6,8,10H2,1-4H3,(H,17,18). The number of carboxylic acid groups (broad SMARTS) is 1. The van der Waals surface area contributed by atoms with Gasteiger partial charge in [-0.25, -0.2) is 4.79 Å². The van der Waals surface area contributed by atoms with Gasteiger partial charge in [-0.3, -0.25) is 0 Å². The van der Waals surface area contributed by atoms with Gasteiger partial charge in [-0.1, -0.05) is 36.3 Å². The van der Waals surface area contributed by atoms with E-state index in [2.05, 4.69) is 32.9 Å². The SMILES string of the molecule is CC(C)=CCCC(C)=CCCC(C)C=CC(=O)O. The molecule has 1 N–H and O–H groups in total. The quantitative estimate of drug-likeness (QED) is 0.499. The van der Waals surface area contributed by atoms with Crippen LogP contribution in [0, 0.1) is 5.92 Å². The van der Waals surface area contributed by atoms with Crippen molar-refractivity contribution in [3.63, 3.8) is 0 Å². The van der Waals surface area contributed by atoms with E-state index in [0.717, 1.165) is 25.7 Å². The lowest BCUT2D eigenvalue weighted by atomic mass is 10.0. The molecule has 18 heavy (non-hydrogen) atoms. The minimum atomic E-state index is -0.865. The average molecular weight is 250 g/mol. The zero-order valence-electron chi connectivity index (χ0n) is 12.1. The summed E-state index contributed by atoms with van der Waals surface area (Å²) in [5.74, 6) is -0.543. The van der Waals surface area contributed by atoms with Crippen molar-refractivity contribution >= 4 is 5.97 Å². The van der Waals surface area contributed by atoms with Crippen LogP contribution in [0.3, 0.4) is 0 Å². The smallest absolute Gasteiger partial charge is 0.327 e. The zero-order chi connectivity index (χ0) is 14.0. The van der Waals surface area contributed by atoms with E-state index in [1.165, 1.54) is 17.2 Å². The fourth-order valence-electron chi connectivity index (χ4n) is 1.63. The summed E-state index contributed by atoms with van der Waals surface area (Å²) in [5, 5.41) is 8.51. The van der Waals surface area contributed by atoms with Crippen molar-refractivity contribution < 1.29 is 9.90 Å². The molecule has 0 spiro atoms. The van der Waals surface area contributed by atoms with Gasteiger partial charge in [0, 0.05) is 6.08 Å². The average Bonchev–Trinajstić information content (AvgIpc) is 2.25. The van der Waals surface area contributed by atoms with Gasteiger partial charge in [-0.2, -0.15) is 0 Å². The second-order valence-corrected chi connectivity index (χ2v) is 5.12. The molecule has 0 heterocycles. The van der Waals surface area contributed by atoms with Crippen LogP contribution < -0.4 is 0 Å². The Kier molecular flexibility index (Phi) is 8.99. The molecular weight excluding hydrogens is 224 g/mol. The van der Waals surface area contributed by atoms with Gasteiger partial charge in [0.05, 0.1) is 0 Å². The summed E-state index contributed by atoms with van der Waals surface area (Å²) in [6.07, 6.45) is 11.8. The molecule has 0 aliphatic rings. The van der Waals surface area contributed by atoms with E-state index in [1.807, 2.05) is 6.92 Å². The molecule has 0 rings (SSSR count). The summed E-state index contributed by atoms with van der Waals surface area (Å²) >= 11 is 0. The first-order valence-corrected chi connectivity index (χ1v) is 6.62. The molecule has 0 aliphatic carbocycles. The number of aliphatic carboxylic acids is 1. The molecule has 2 nitrogen and oxygen atoms in total. The van der Waals surface area contributed by atoms with Crippen LogP contribution in [-0.4, -0.2) is 11.1 Å². The molecular formula is C16H26O2. The molecule has 2 heteroatoms. The molecule has 0 aromatic rings. The third-order valence-corrected chi connectivity index (χ3v) is 2.77. The Morgan fingerprint density at radius 3 is 2.39 bits per heavy atom. The molecule has 0 saturated heterocycles. The molecule has 0 amide bonds. The second kappa shape index (κ2) is 9.69. The maximum Gasteiger partial charge on any atom is 0.327 e. The van der Waals surface area contributed by atoms with Crippen molar-refractivity contribution in [2.75, 3.05) is 0 Å². The lowest BCUT2D eigenvalue weighted by molar-refractivity contribution is -0.131. The molecule has 0 radical (unpaired) electrons. The van der Waals surface area contributed by atoms with E-state index >= 15 is 0 Å². The minimum absolute atomic E-state index is 0.322. The van der Waals surface area contributed by atoms with Crippen molar-refractivity contribution in [2.24, 2.45) is 5.92 Å².